The Bertz CT molecular complexity index is 502. The van der Waals surface area contributed by atoms with E-state index in [0.717, 1.165) is 5.56 Å². The van der Waals surface area contributed by atoms with E-state index in [2.05, 4.69) is 0 Å². The monoisotopic (exact) mass is 270 g/mol. The first-order valence-electron chi connectivity index (χ1n) is 5.91. The summed E-state index contributed by atoms with van der Waals surface area (Å²) in [5.41, 5.74) is 0.753. The molecule has 0 amide bonds. The average Bonchev–Trinajstić information content (AvgIpc) is 2.38. The minimum absolute atomic E-state index is 0.0692. The van der Waals surface area contributed by atoms with Crippen LogP contribution in [0.5, 0.6) is 0 Å². The highest BCUT2D eigenvalue weighted by Crippen LogP contribution is 2.19. The Kier molecular flexibility index (Phi) is 4.90. The summed E-state index contributed by atoms with van der Waals surface area (Å²) in [7, 11) is -3.19. The van der Waals surface area contributed by atoms with E-state index in [1.165, 1.54) is 12.1 Å². The van der Waals surface area contributed by atoms with E-state index in [1.54, 1.807) is 32.9 Å². The van der Waals surface area contributed by atoms with Crippen molar-refractivity contribution in [3.05, 3.63) is 29.8 Å². The summed E-state index contributed by atoms with van der Waals surface area (Å²) in [6, 6.07) is 6.38. The van der Waals surface area contributed by atoms with Crippen LogP contribution in [0.2, 0.25) is 0 Å². The molecule has 0 aliphatic carbocycles. The van der Waals surface area contributed by atoms with Gasteiger partial charge < -0.3 is 4.74 Å². The van der Waals surface area contributed by atoms with Gasteiger partial charge in [0.15, 0.2) is 9.84 Å². The number of benzene rings is 1. The molecule has 4 nitrogen and oxygen atoms in total. The molecule has 0 aromatic heterocycles. The number of carbonyl (C=O) groups is 1. The van der Waals surface area contributed by atoms with E-state index in [0.29, 0.717) is 6.61 Å². The number of sulfone groups is 1. The molecule has 0 spiro atoms. The van der Waals surface area contributed by atoms with Gasteiger partial charge in [-0.2, -0.15) is 0 Å². The van der Waals surface area contributed by atoms with Crippen LogP contribution in [-0.4, -0.2) is 26.7 Å². The lowest BCUT2D eigenvalue weighted by Gasteiger charge is -2.11. The highest BCUT2D eigenvalue weighted by atomic mass is 32.2. The van der Waals surface area contributed by atoms with Crippen molar-refractivity contribution < 1.29 is 17.9 Å². The fraction of sp³-hybridized carbons (Fsp3) is 0.462. The van der Waals surface area contributed by atoms with E-state index in [4.69, 9.17) is 4.74 Å². The molecule has 100 valence electrons. The van der Waals surface area contributed by atoms with E-state index in [1.807, 2.05) is 0 Å². The van der Waals surface area contributed by atoms with Crippen LogP contribution in [0.25, 0.3) is 0 Å². The zero-order valence-electron chi connectivity index (χ0n) is 10.8. The quantitative estimate of drug-likeness (QED) is 0.769. The van der Waals surface area contributed by atoms with Gasteiger partial charge in [-0.1, -0.05) is 19.1 Å². The van der Waals surface area contributed by atoms with Gasteiger partial charge in [0.2, 0.25) is 0 Å². The Hall–Kier alpha value is -1.36. The zero-order valence-corrected chi connectivity index (χ0v) is 11.7. The predicted molar refractivity (Wildman–Crippen MR) is 69.2 cm³/mol. The van der Waals surface area contributed by atoms with Crippen molar-refractivity contribution in [3.8, 4) is 0 Å². The van der Waals surface area contributed by atoms with Gasteiger partial charge in [0.05, 0.1) is 23.2 Å². The van der Waals surface area contributed by atoms with E-state index >= 15 is 0 Å². The molecule has 0 radical (unpaired) electrons. The second kappa shape index (κ2) is 6.00. The lowest BCUT2D eigenvalue weighted by molar-refractivity contribution is -0.144. The molecule has 0 aliphatic rings. The number of hydrogen-bond acceptors (Lipinski definition) is 4. The third-order valence-corrected chi connectivity index (χ3v) is 4.51. The molecule has 1 aromatic carbocycles. The minimum atomic E-state index is -3.19. The molecular formula is C13H18O4S. The van der Waals surface area contributed by atoms with Crippen LogP contribution in [0.4, 0.5) is 0 Å². The molecule has 0 aliphatic heterocycles. The van der Waals surface area contributed by atoms with Crippen LogP contribution in [0.15, 0.2) is 29.2 Å². The molecule has 0 heterocycles. The lowest BCUT2D eigenvalue weighted by atomic mass is 10.0. The molecule has 0 saturated heterocycles. The molecule has 1 rings (SSSR count). The average molecular weight is 270 g/mol. The highest BCUT2D eigenvalue weighted by Gasteiger charge is 2.17. The summed E-state index contributed by atoms with van der Waals surface area (Å²) in [6.45, 7) is 5.43. The summed E-state index contributed by atoms with van der Waals surface area (Å²) in [5, 5.41) is 0. The largest absolute Gasteiger partial charge is 0.466 e. The first-order valence-corrected chi connectivity index (χ1v) is 7.57. The van der Waals surface area contributed by atoms with Crippen molar-refractivity contribution in [1.29, 1.82) is 0 Å². The van der Waals surface area contributed by atoms with Gasteiger partial charge in [-0.25, -0.2) is 8.42 Å². The van der Waals surface area contributed by atoms with Crippen LogP contribution < -0.4 is 0 Å². The summed E-state index contributed by atoms with van der Waals surface area (Å²) in [5.74, 6) is -0.619. The fourth-order valence-corrected chi connectivity index (χ4v) is 2.42. The van der Waals surface area contributed by atoms with E-state index in [9.17, 15) is 13.2 Å². The molecule has 0 saturated carbocycles. The maximum Gasteiger partial charge on any atom is 0.313 e. The molecule has 0 unspecified atom stereocenters. The second-order valence-corrected chi connectivity index (χ2v) is 6.22. The summed E-state index contributed by atoms with van der Waals surface area (Å²) in [6.07, 6.45) is 0. The second-order valence-electron chi connectivity index (χ2n) is 3.95. The van der Waals surface area contributed by atoms with Gasteiger partial charge in [0.25, 0.3) is 0 Å². The molecule has 0 N–H and O–H groups in total. The predicted octanol–water partition coefficient (Wildman–Crippen LogP) is 2.15. The molecule has 1 atom stereocenters. The third-order valence-electron chi connectivity index (χ3n) is 2.76. The van der Waals surface area contributed by atoms with Crippen LogP contribution in [0.1, 0.15) is 32.3 Å². The van der Waals surface area contributed by atoms with Gasteiger partial charge in [0.1, 0.15) is 0 Å². The van der Waals surface area contributed by atoms with Crippen molar-refractivity contribution in [2.75, 3.05) is 12.4 Å². The van der Waals surface area contributed by atoms with Crippen molar-refractivity contribution in [1.82, 2.24) is 0 Å². The topological polar surface area (TPSA) is 60.4 Å². The van der Waals surface area contributed by atoms with Crippen molar-refractivity contribution in [2.45, 2.75) is 31.6 Å². The van der Waals surface area contributed by atoms with Crippen molar-refractivity contribution in [3.63, 3.8) is 0 Å². The number of rotatable bonds is 5. The lowest BCUT2D eigenvalue weighted by Crippen LogP contribution is -2.13. The van der Waals surface area contributed by atoms with Crippen LogP contribution in [0, 0.1) is 0 Å². The van der Waals surface area contributed by atoms with Gasteiger partial charge >= 0.3 is 5.97 Å². The Labute approximate surface area is 108 Å². The number of ether oxygens (including phenoxy) is 1. The van der Waals surface area contributed by atoms with Gasteiger partial charge in [-0.3, -0.25) is 4.79 Å². The first-order chi connectivity index (χ1) is 8.42. The number of carbonyl (C=O) groups excluding carboxylic acids is 1. The molecule has 18 heavy (non-hydrogen) atoms. The third kappa shape index (κ3) is 3.32. The van der Waals surface area contributed by atoms with Gasteiger partial charge in [0, 0.05) is 0 Å². The van der Waals surface area contributed by atoms with Crippen molar-refractivity contribution in [2.24, 2.45) is 0 Å². The molecule has 5 heteroatoms. The Balaban J connectivity index is 2.93. The Morgan fingerprint density at radius 1 is 1.22 bits per heavy atom. The molecule has 0 fully saturated rings. The van der Waals surface area contributed by atoms with Gasteiger partial charge in [-0.05, 0) is 31.5 Å². The Morgan fingerprint density at radius 3 is 2.22 bits per heavy atom. The minimum Gasteiger partial charge on any atom is -0.466 e. The van der Waals surface area contributed by atoms with Gasteiger partial charge in [-0.15, -0.1) is 0 Å². The van der Waals surface area contributed by atoms with Crippen molar-refractivity contribution >= 4 is 15.8 Å². The smallest absolute Gasteiger partial charge is 0.313 e. The van der Waals surface area contributed by atoms with E-state index in [-0.39, 0.29) is 22.5 Å². The Morgan fingerprint density at radius 2 is 1.78 bits per heavy atom. The first kappa shape index (κ1) is 14.7. The highest BCUT2D eigenvalue weighted by molar-refractivity contribution is 7.91. The maximum atomic E-state index is 11.6. The molecule has 1 aromatic rings. The fourth-order valence-electron chi connectivity index (χ4n) is 1.53. The summed E-state index contributed by atoms with van der Waals surface area (Å²) >= 11 is 0. The molecular weight excluding hydrogens is 252 g/mol. The molecule has 0 bridgehead atoms. The maximum absolute atomic E-state index is 11.6. The van der Waals surface area contributed by atoms with Crippen LogP contribution in [0.3, 0.4) is 0 Å². The van der Waals surface area contributed by atoms with Crippen LogP contribution >= 0.6 is 0 Å². The number of esters is 1. The van der Waals surface area contributed by atoms with E-state index < -0.39 is 9.84 Å². The normalized spacial score (nSPS) is 13.1. The zero-order chi connectivity index (χ0) is 13.8. The standard InChI is InChI=1S/C13H18O4S/c1-4-17-13(14)10(3)11-6-8-12(9-7-11)18(15,16)5-2/h6-10H,4-5H2,1-3H3/t10-/m1/s1. The van der Waals surface area contributed by atoms with Crippen LogP contribution in [-0.2, 0) is 19.4 Å². The number of hydrogen-bond donors (Lipinski definition) is 0. The summed E-state index contributed by atoms with van der Waals surface area (Å²) in [4.78, 5) is 11.8. The SMILES string of the molecule is CCOC(=O)[C@H](C)c1ccc(S(=O)(=O)CC)cc1. The summed E-state index contributed by atoms with van der Waals surface area (Å²) < 4.78 is 28.2.